The lowest BCUT2D eigenvalue weighted by atomic mass is 10.4. The van der Waals surface area contributed by atoms with E-state index in [9.17, 15) is 0 Å². The summed E-state index contributed by atoms with van der Waals surface area (Å²) < 4.78 is 0.979. The molecule has 0 radical (unpaired) electrons. The molecule has 0 unspecified atom stereocenters. The molecule has 0 aliphatic carbocycles. The van der Waals surface area contributed by atoms with E-state index in [1.807, 2.05) is 30.6 Å². The quantitative estimate of drug-likeness (QED) is 0.844. The number of nitrogens with zero attached hydrogens (tertiary/aromatic N) is 1. The van der Waals surface area contributed by atoms with Crippen molar-refractivity contribution in [1.29, 1.82) is 0 Å². The third kappa shape index (κ3) is 2.09. The first-order valence-electron chi connectivity index (χ1n) is 3.86. The van der Waals surface area contributed by atoms with E-state index in [2.05, 4.69) is 31.2 Å². The van der Waals surface area contributed by atoms with Crippen LogP contribution in [-0.2, 0) is 0 Å². The van der Waals surface area contributed by atoms with Gasteiger partial charge in [-0.3, -0.25) is 0 Å². The number of anilines is 2. The van der Waals surface area contributed by atoms with E-state index >= 15 is 0 Å². The number of nitrogens with one attached hydrogen (secondary N) is 2. The average molecular weight is 238 g/mol. The summed E-state index contributed by atoms with van der Waals surface area (Å²) in [6.45, 7) is 0. The van der Waals surface area contributed by atoms with Crippen molar-refractivity contribution in [3.8, 4) is 0 Å². The van der Waals surface area contributed by atoms with Gasteiger partial charge >= 0.3 is 0 Å². The van der Waals surface area contributed by atoms with Gasteiger partial charge in [0.1, 0.15) is 5.82 Å². The summed E-state index contributed by atoms with van der Waals surface area (Å²) in [4.78, 5) is 7.14. The Morgan fingerprint density at radius 2 is 2.23 bits per heavy atom. The molecular formula is C9H8BrN3. The number of pyridine rings is 1. The smallest absolute Gasteiger partial charge is 0.130 e. The van der Waals surface area contributed by atoms with Crippen LogP contribution in [0.5, 0.6) is 0 Å². The van der Waals surface area contributed by atoms with E-state index in [4.69, 9.17) is 0 Å². The lowest BCUT2D eigenvalue weighted by molar-refractivity contribution is 1.29. The molecule has 3 nitrogen and oxygen atoms in total. The van der Waals surface area contributed by atoms with Gasteiger partial charge in [-0.25, -0.2) is 4.98 Å². The van der Waals surface area contributed by atoms with Crippen LogP contribution in [0, 0.1) is 0 Å². The van der Waals surface area contributed by atoms with Gasteiger partial charge < -0.3 is 10.3 Å². The Hall–Kier alpha value is -1.29. The summed E-state index contributed by atoms with van der Waals surface area (Å²) in [6.07, 6.45) is 5.50. The maximum Gasteiger partial charge on any atom is 0.130 e. The molecule has 13 heavy (non-hydrogen) atoms. The van der Waals surface area contributed by atoms with Gasteiger partial charge in [0, 0.05) is 23.1 Å². The summed E-state index contributed by atoms with van der Waals surface area (Å²) in [5, 5.41) is 3.15. The SMILES string of the molecule is Brc1ccc(Nc2cc[nH]c2)nc1. The minimum atomic E-state index is 0.836. The fourth-order valence-electron chi connectivity index (χ4n) is 0.999. The highest BCUT2D eigenvalue weighted by Gasteiger charge is 1.94. The first-order chi connectivity index (χ1) is 6.34. The van der Waals surface area contributed by atoms with Crippen molar-refractivity contribution in [2.45, 2.75) is 0 Å². The number of rotatable bonds is 2. The first-order valence-corrected chi connectivity index (χ1v) is 4.65. The highest BCUT2D eigenvalue weighted by Crippen LogP contribution is 2.15. The van der Waals surface area contributed by atoms with E-state index in [1.165, 1.54) is 0 Å². The zero-order valence-corrected chi connectivity index (χ0v) is 8.38. The van der Waals surface area contributed by atoms with Crippen molar-refractivity contribution in [2.24, 2.45) is 0 Å². The minimum Gasteiger partial charge on any atom is -0.366 e. The Labute approximate surface area is 84.3 Å². The third-order valence-corrected chi connectivity index (χ3v) is 2.07. The van der Waals surface area contributed by atoms with Gasteiger partial charge in [-0.2, -0.15) is 0 Å². The van der Waals surface area contributed by atoms with Gasteiger partial charge in [-0.05, 0) is 34.1 Å². The average Bonchev–Trinajstić information content (AvgIpc) is 2.62. The Morgan fingerprint density at radius 1 is 1.31 bits per heavy atom. The van der Waals surface area contributed by atoms with E-state index in [0.29, 0.717) is 0 Å². The molecule has 2 aromatic rings. The zero-order valence-electron chi connectivity index (χ0n) is 6.79. The zero-order chi connectivity index (χ0) is 9.10. The summed E-state index contributed by atoms with van der Waals surface area (Å²) in [5.41, 5.74) is 1.01. The molecule has 0 saturated carbocycles. The van der Waals surface area contributed by atoms with Crippen molar-refractivity contribution in [3.05, 3.63) is 41.3 Å². The van der Waals surface area contributed by atoms with E-state index in [1.54, 1.807) is 6.20 Å². The monoisotopic (exact) mass is 237 g/mol. The second-order valence-corrected chi connectivity index (χ2v) is 3.50. The molecule has 2 heterocycles. The largest absolute Gasteiger partial charge is 0.366 e. The molecule has 0 atom stereocenters. The van der Waals surface area contributed by atoms with Crippen LogP contribution >= 0.6 is 15.9 Å². The summed E-state index contributed by atoms with van der Waals surface area (Å²) in [5.74, 6) is 0.836. The molecule has 0 amide bonds. The maximum atomic E-state index is 4.18. The highest BCUT2D eigenvalue weighted by molar-refractivity contribution is 9.10. The van der Waals surface area contributed by atoms with Crippen molar-refractivity contribution in [2.75, 3.05) is 5.32 Å². The molecule has 0 fully saturated rings. The topological polar surface area (TPSA) is 40.7 Å². The van der Waals surface area contributed by atoms with Crippen LogP contribution in [0.3, 0.4) is 0 Å². The van der Waals surface area contributed by atoms with Crippen LogP contribution in [0.25, 0.3) is 0 Å². The molecule has 66 valence electrons. The van der Waals surface area contributed by atoms with Crippen molar-refractivity contribution in [1.82, 2.24) is 9.97 Å². The molecule has 4 heteroatoms. The third-order valence-electron chi connectivity index (χ3n) is 1.60. The van der Waals surface area contributed by atoms with Crippen LogP contribution in [0.1, 0.15) is 0 Å². The van der Waals surface area contributed by atoms with Crippen molar-refractivity contribution >= 4 is 27.4 Å². The summed E-state index contributed by atoms with van der Waals surface area (Å²) in [6, 6.07) is 5.81. The second-order valence-electron chi connectivity index (χ2n) is 2.59. The molecular weight excluding hydrogens is 230 g/mol. The Kier molecular flexibility index (Phi) is 2.31. The molecule has 2 N–H and O–H groups in total. The van der Waals surface area contributed by atoms with Crippen LogP contribution < -0.4 is 5.32 Å². The molecule has 0 bridgehead atoms. The van der Waals surface area contributed by atoms with Crippen molar-refractivity contribution < 1.29 is 0 Å². The number of aromatic amines is 1. The molecule has 0 aliphatic heterocycles. The summed E-state index contributed by atoms with van der Waals surface area (Å²) >= 11 is 3.33. The van der Waals surface area contributed by atoms with Gasteiger partial charge in [0.15, 0.2) is 0 Å². The van der Waals surface area contributed by atoms with Crippen LogP contribution in [0.15, 0.2) is 41.3 Å². The lowest BCUT2D eigenvalue weighted by Gasteiger charge is -2.01. The number of hydrogen-bond acceptors (Lipinski definition) is 2. The van der Waals surface area contributed by atoms with Crippen molar-refractivity contribution in [3.63, 3.8) is 0 Å². The number of H-pyrrole nitrogens is 1. The summed E-state index contributed by atoms with van der Waals surface area (Å²) in [7, 11) is 0. The number of aromatic nitrogens is 2. The van der Waals surface area contributed by atoms with Gasteiger partial charge in [0.05, 0.1) is 5.69 Å². The molecule has 2 rings (SSSR count). The van der Waals surface area contributed by atoms with Gasteiger partial charge in [-0.15, -0.1) is 0 Å². The molecule has 2 aromatic heterocycles. The molecule has 0 saturated heterocycles. The lowest BCUT2D eigenvalue weighted by Crippen LogP contribution is -1.90. The standard InChI is InChI=1S/C9H8BrN3/c10-7-1-2-9(12-5-7)13-8-3-4-11-6-8/h1-6,11H,(H,12,13). The maximum absolute atomic E-state index is 4.18. The minimum absolute atomic E-state index is 0.836. The predicted molar refractivity (Wildman–Crippen MR) is 56.0 cm³/mol. The fourth-order valence-corrected chi connectivity index (χ4v) is 1.23. The fraction of sp³-hybridized carbons (Fsp3) is 0. The second kappa shape index (κ2) is 3.62. The van der Waals surface area contributed by atoms with E-state index < -0.39 is 0 Å². The Bertz CT molecular complexity index is 366. The number of hydrogen-bond donors (Lipinski definition) is 2. The van der Waals surface area contributed by atoms with Gasteiger partial charge in [0.25, 0.3) is 0 Å². The first kappa shape index (κ1) is 8.31. The van der Waals surface area contributed by atoms with E-state index in [0.717, 1.165) is 16.0 Å². The van der Waals surface area contributed by atoms with Crippen LogP contribution in [0.4, 0.5) is 11.5 Å². The van der Waals surface area contributed by atoms with Gasteiger partial charge in [-0.1, -0.05) is 0 Å². The predicted octanol–water partition coefficient (Wildman–Crippen LogP) is 2.92. The number of halogens is 1. The molecule has 0 aliphatic rings. The Balaban J connectivity index is 2.15. The Morgan fingerprint density at radius 3 is 2.85 bits per heavy atom. The normalized spacial score (nSPS) is 9.92. The molecule has 0 spiro atoms. The van der Waals surface area contributed by atoms with Crippen LogP contribution in [0.2, 0.25) is 0 Å². The highest BCUT2D eigenvalue weighted by atomic mass is 79.9. The van der Waals surface area contributed by atoms with Crippen LogP contribution in [-0.4, -0.2) is 9.97 Å². The van der Waals surface area contributed by atoms with E-state index in [-0.39, 0.29) is 0 Å². The molecule has 0 aromatic carbocycles. The van der Waals surface area contributed by atoms with Gasteiger partial charge in [0.2, 0.25) is 0 Å².